The smallest absolute Gasteiger partial charge is 0.287 e. The quantitative estimate of drug-likeness (QED) is 0.702. The van der Waals surface area contributed by atoms with Gasteiger partial charge in [-0.2, -0.15) is 0 Å². The molecule has 118 valence electrons. The van der Waals surface area contributed by atoms with Crippen molar-refractivity contribution >= 4 is 21.8 Å². The minimum absolute atomic E-state index is 0.240. The topological polar surface area (TPSA) is 64.6 Å². The van der Waals surface area contributed by atoms with Crippen molar-refractivity contribution in [2.24, 2.45) is 0 Å². The molecule has 0 unspecified atom stereocenters. The lowest BCUT2D eigenvalue weighted by Gasteiger charge is -2.04. The van der Waals surface area contributed by atoms with Gasteiger partial charge in [-0.15, -0.1) is 0 Å². The summed E-state index contributed by atoms with van der Waals surface area (Å²) in [6.45, 7) is 0.568. The average molecular weight is 376 g/mol. The fourth-order valence-corrected chi connectivity index (χ4v) is 2.33. The lowest BCUT2D eigenvalue weighted by molar-refractivity contribution is 0.0916. The molecular weight excluding hydrogens is 362 g/mol. The first-order valence-electron chi connectivity index (χ1n) is 6.98. The van der Waals surface area contributed by atoms with Gasteiger partial charge in [-0.3, -0.25) is 4.79 Å². The van der Waals surface area contributed by atoms with Gasteiger partial charge in [0.15, 0.2) is 5.76 Å². The van der Waals surface area contributed by atoms with Crippen LogP contribution in [0.4, 0.5) is 0 Å². The van der Waals surface area contributed by atoms with Gasteiger partial charge in [-0.05, 0) is 42.5 Å². The van der Waals surface area contributed by atoms with Gasteiger partial charge in [-0.1, -0.05) is 22.0 Å². The average Bonchev–Trinajstić information content (AvgIpc) is 3.22. The molecule has 1 N–H and O–H groups in total. The Kier molecular flexibility index (Phi) is 4.83. The molecular formula is C17H14BrNO4. The number of benzene rings is 1. The molecule has 0 saturated carbocycles. The van der Waals surface area contributed by atoms with Crippen LogP contribution < -0.4 is 10.1 Å². The molecule has 2 heterocycles. The Balaban J connectivity index is 1.54. The van der Waals surface area contributed by atoms with Crippen molar-refractivity contribution in [3.05, 3.63) is 76.5 Å². The van der Waals surface area contributed by atoms with Crippen molar-refractivity contribution in [3.8, 4) is 5.75 Å². The number of carbonyl (C=O) groups excluding carboxylic acids is 1. The van der Waals surface area contributed by atoms with E-state index in [-0.39, 0.29) is 18.3 Å². The SMILES string of the molecule is O=C(NCc1ccco1)c1ccc(COc2cccc(Br)c2)o1. The number of furan rings is 2. The largest absolute Gasteiger partial charge is 0.486 e. The minimum atomic E-state index is -0.296. The molecule has 0 aliphatic rings. The highest BCUT2D eigenvalue weighted by molar-refractivity contribution is 9.10. The zero-order chi connectivity index (χ0) is 16.1. The van der Waals surface area contributed by atoms with Crippen molar-refractivity contribution in [3.63, 3.8) is 0 Å². The first kappa shape index (κ1) is 15.4. The van der Waals surface area contributed by atoms with E-state index in [0.29, 0.717) is 18.1 Å². The maximum absolute atomic E-state index is 12.0. The summed E-state index contributed by atoms with van der Waals surface area (Å²) in [5.74, 6) is 1.93. The lowest BCUT2D eigenvalue weighted by Crippen LogP contribution is -2.21. The maximum atomic E-state index is 12.0. The molecule has 23 heavy (non-hydrogen) atoms. The van der Waals surface area contributed by atoms with Crippen LogP contribution in [0.5, 0.6) is 5.75 Å². The summed E-state index contributed by atoms with van der Waals surface area (Å²) in [4.78, 5) is 12.0. The summed E-state index contributed by atoms with van der Waals surface area (Å²) in [5, 5.41) is 2.72. The maximum Gasteiger partial charge on any atom is 0.287 e. The number of hydrogen-bond donors (Lipinski definition) is 1. The summed E-state index contributed by atoms with van der Waals surface area (Å²) in [6.07, 6.45) is 1.56. The molecule has 0 radical (unpaired) electrons. The highest BCUT2D eigenvalue weighted by Gasteiger charge is 2.12. The van der Waals surface area contributed by atoms with Crippen LogP contribution in [0.2, 0.25) is 0 Å². The van der Waals surface area contributed by atoms with E-state index in [0.717, 1.165) is 10.2 Å². The molecule has 0 aliphatic heterocycles. The summed E-state index contributed by atoms with van der Waals surface area (Å²) >= 11 is 3.38. The van der Waals surface area contributed by atoms with Gasteiger partial charge in [-0.25, -0.2) is 0 Å². The predicted molar refractivity (Wildman–Crippen MR) is 87.1 cm³/mol. The monoisotopic (exact) mass is 375 g/mol. The van der Waals surface area contributed by atoms with Crippen LogP contribution in [-0.2, 0) is 13.2 Å². The Morgan fingerprint density at radius 1 is 1.13 bits per heavy atom. The first-order valence-corrected chi connectivity index (χ1v) is 7.78. The number of carbonyl (C=O) groups is 1. The fourth-order valence-electron chi connectivity index (χ4n) is 1.96. The van der Waals surface area contributed by atoms with Crippen LogP contribution in [0, 0.1) is 0 Å². The third-order valence-electron chi connectivity index (χ3n) is 3.07. The van der Waals surface area contributed by atoms with Crippen LogP contribution in [0.25, 0.3) is 0 Å². The molecule has 3 aromatic rings. The van der Waals surface area contributed by atoms with Gasteiger partial charge in [0.05, 0.1) is 12.8 Å². The third kappa shape index (κ3) is 4.26. The molecule has 1 amide bonds. The van der Waals surface area contributed by atoms with Crippen LogP contribution in [0.1, 0.15) is 22.1 Å². The number of ether oxygens (including phenoxy) is 1. The summed E-state index contributed by atoms with van der Waals surface area (Å²) in [6, 6.07) is 14.4. The molecule has 0 fully saturated rings. The fraction of sp³-hybridized carbons (Fsp3) is 0.118. The van der Waals surface area contributed by atoms with E-state index in [1.165, 1.54) is 0 Å². The zero-order valence-electron chi connectivity index (χ0n) is 12.1. The molecule has 3 rings (SSSR count). The van der Waals surface area contributed by atoms with E-state index in [9.17, 15) is 4.79 Å². The number of hydrogen-bond acceptors (Lipinski definition) is 4. The number of halogens is 1. The lowest BCUT2D eigenvalue weighted by atomic mass is 10.3. The van der Waals surface area contributed by atoms with Crippen molar-refractivity contribution < 1.29 is 18.4 Å². The molecule has 6 heteroatoms. The second-order valence-corrected chi connectivity index (χ2v) is 5.69. The number of rotatable bonds is 6. The Labute approximate surface area is 141 Å². The van der Waals surface area contributed by atoms with Crippen LogP contribution in [-0.4, -0.2) is 5.91 Å². The summed E-state index contributed by atoms with van der Waals surface area (Å²) < 4.78 is 17.2. The van der Waals surface area contributed by atoms with E-state index < -0.39 is 0 Å². The van der Waals surface area contributed by atoms with Crippen molar-refractivity contribution in [1.29, 1.82) is 0 Å². The Hall–Kier alpha value is -2.47. The number of amides is 1. The third-order valence-corrected chi connectivity index (χ3v) is 3.56. The zero-order valence-corrected chi connectivity index (χ0v) is 13.7. The second kappa shape index (κ2) is 7.19. The van der Waals surface area contributed by atoms with Gasteiger partial charge in [0.1, 0.15) is 23.9 Å². The molecule has 5 nitrogen and oxygen atoms in total. The van der Waals surface area contributed by atoms with Crippen LogP contribution >= 0.6 is 15.9 Å². The molecule has 0 aliphatic carbocycles. The molecule has 0 saturated heterocycles. The van der Waals surface area contributed by atoms with E-state index in [1.807, 2.05) is 24.3 Å². The molecule has 2 aromatic heterocycles. The van der Waals surface area contributed by atoms with Gasteiger partial charge >= 0.3 is 0 Å². The van der Waals surface area contributed by atoms with E-state index in [2.05, 4.69) is 21.2 Å². The van der Waals surface area contributed by atoms with Gasteiger partial charge < -0.3 is 18.9 Å². The summed E-state index contributed by atoms with van der Waals surface area (Å²) in [5.41, 5.74) is 0. The van der Waals surface area contributed by atoms with Gasteiger partial charge in [0, 0.05) is 4.47 Å². The van der Waals surface area contributed by atoms with Gasteiger partial charge in [0.25, 0.3) is 5.91 Å². The van der Waals surface area contributed by atoms with Crippen molar-refractivity contribution in [2.45, 2.75) is 13.2 Å². The number of nitrogens with one attached hydrogen (secondary N) is 1. The Morgan fingerprint density at radius 3 is 2.83 bits per heavy atom. The molecule has 1 aromatic carbocycles. The first-order chi connectivity index (χ1) is 11.2. The van der Waals surface area contributed by atoms with Crippen molar-refractivity contribution in [1.82, 2.24) is 5.32 Å². The second-order valence-electron chi connectivity index (χ2n) is 4.77. The Bertz CT molecular complexity index is 780. The predicted octanol–water partition coefficient (Wildman–Crippen LogP) is 4.14. The Morgan fingerprint density at radius 2 is 2.04 bits per heavy atom. The normalized spacial score (nSPS) is 10.5. The highest BCUT2D eigenvalue weighted by atomic mass is 79.9. The minimum Gasteiger partial charge on any atom is -0.486 e. The van der Waals surface area contributed by atoms with E-state index in [4.69, 9.17) is 13.6 Å². The molecule has 0 bridgehead atoms. The summed E-state index contributed by atoms with van der Waals surface area (Å²) in [7, 11) is 0. The van der Waals surface area contributed by atoms with E-state index in [1.54, 1.807) is 30.5 Å². The van der Waals surface area contributed by atoms with Gasteiger partial charge in [0.2, 0.25) is 0 Å². The van der Waals surface area contributed by atoms with Crippen LogP contribution in [0.15, 0.2) is 68.1 Å². The standard InChI is InChI=1S/C17H14BrNO4/c18-12-3-1-4-13(9-12)22-11-15-6-7-16(23-15)17(20)19-10-14-5-2-8-21-14/h1-9H,10-11H2,(H,19,20). The van der Waals surface area contributed by atoms with Crippen LogP contribution in [0.3, 0.4) is 0 Å². The van der Waals surface area contributed by atoms with E-state index >= 15 is 0 Å². The molecule has 0 atom stereocenters. The molecule has 0 spiro atoms. The van der Waals surface area contributed by atoms with Crippen molar-refractivity contribution in [2.75, 3.05) is 0 Å². The highest BCUT2D eigenvalue weighted by Crippen LogP contribution is 2.19.